The number of nitrogens with one attached hydrogen (secondary N) is 2. The van der Waals surface area contributed by atoms with Crippen LogP contribution in [0, 0.1) is 5.92 Å². The highest BCUT2D eigenvalue weighted by atomic mass is 32.2. The Morgan fingerprint density at radius 3 is 2.64 bits per heavy atom. The molecule has 0 unspecified atom stereocenters. The number of amides is 4. The summed E-state index contributed by atoms with van der Waals surface area (Å²) in [7, 11) is 0. The number of rotatable bonds is 8. The molecule has 4 amide bonds. The van der Waals surface area contributed by atoms with Crippen molar-refractivity contribution in [1.82, 2.24) is 20.8 Å². The molecule has 25 heavy (non-hydrogen) atoms. The first-order valence-corrected chi connectivity index (χ1v) is 10.1. The zero-order valence-corrected chi connectivity index (χ0v) is 16.2. The first-order valence-electron chi connectivity index (χ1n) is 8.26. The number of nitrogens with zero attached hydrogens (tertiary/aromatic N) is 3. The molecule has 0 bridgehead atoms. The van der Waals surface area contributed by atoms with Crippen molar-refractivity contribution >= 4 is 46.1 Å². The topological polar surface area (TPSA) is 104 Å². The Bertz CT molecular complexity index is 630. The van der Waals surface area contributed by atoms with Crippen molar-refractivity contribution in [2.24, 2.45) is 5.92 Å². The third-order valence-electron chi connectivity index (χ3n) is 3.34. The molecule has 2 N–H and O–H groups in total. The Balaban J connectivity index is 1.81. The highest BCUT2D eigenvalue weighted by molar-refractivity contribution is 8.01. The van der Waals surface area contributed by atoms with Gasteiger partial charge in [0.1, 0.15) is 0 Å². The van der Waals surface area contributed by atoms with Crippen molar-refractivity contribution in [1.29, 1.82) is 0 Å². The van der Waals surface area contributed by atoms with Crippen LogP contribution in [0.4, 0.5) is 9.93 Å². The average Bonchev–Trinajstić information content (AvgIpc) is 3.28. The molecule has 0 aromatic carbocycles. The van der Waals surface area contributed by atoms with Gasteiger partial charge in [0.15, 0.2) is 4.34 Å². The molecule has 1 heterocycles. The van der Waals surface area contributed by atoms with E-state index in [2.05, 4.69) is 20.8 Å². The lowest BCUT2D eigenvalue weighted by Gasteiger charge is -2.17. The number of hydrogen-bond donors (Lipinski definition) is 2. The van der Waals surface area contributed by atoms with Crippen LogP contribution in [0.25, 0.3) is 0 Å². The van der Waals surface area contributed by atoms with E-state index in [9.17, 15) is 14.4 Å². The molecule has 1 aromatic rings. The highest BCUT2D eigenvalue weighted by Gasteiger charge is 2.35. The van der Waals surface area contributed by atoms with Crippen LogP contribution in [-0.4, -0.2) is 46.4 Å². The van der Waals surface area contributed by atoms with Gasteiger partial charge in [-0.25, -0.2) is 4.79 Å². The van der Waals surface area contributed by atoms with Crippen molar-refractivity contribution in [2.75, 3.05) is 17.2 Å². The summed E-state index contributed by atoms with van der Waals surface area (Å²) in [4.78, 5) is 37.1. The van der Waals surface area contributed by atoms with Crippen LogP contribution < -0.4 is 15.5 Å². The third-order valence-corrected chi connectivity index (χ3v) is 5.39. The monoisotopic (exact) mass is 385 g/mol. The molecule has 10 heteroatoms. The minimum Gasteiger partial charge on any atom is -0.338 e. The van der Waals surface area contributed by atoms with E-state index in [4.69, 9.17) is 0 Å². The van der Waals surface area contributed by atoms with Crippen molar-refractivity contribution in [3.05, 3.63) is 0 Å². The van der Waals surface area contributed by atoms with E-state index in [0.717, 1.165) is 12.8 Å². The van der Waals surface area contributed by atoms with E-state index in [1.807, 2.05) is 20.8 Å². The number of imide groups is 1. The maximum Gasteiger partial charge on any atom is 0.321 e. The minimum absolute atomic E-state index is 0.0368. The van der Waals surface area contributed by atoms with Crippen molar-refractivity contribution in [3.63, 3.8) is 0 Å². The van der Waals surface area contributed by atoms with Crippen LogP contribution in [0.1, 0.15) is 40.0 Å². The Morgan fingerprint density at radius 1 is 1.32 bits per heavy atom. The van der Waals surface area contributed by atoms with Crippen molar-refractivity contribution in [3.8, 4) is 0 Å². The smallest absolute Gasteiger partial charge is 0.321 e. The predicted molar refractivity (Wildman–Crippen MR) is 97.8 cm³/mol. The molecule has 2 rings (SSSR count). The lowest BCUT2D eigenvalue weighted by molar-refractivity contribution is -0.118. The maximum absolute atomic E-state index is 12.0. The van der Waals surface area contributed by atoms with Gasteiger partial charge in [-0.3, -0.25) is 19.8 Å². The largest absolute Gasteiger partial charge is 0.338 e. The molecule has 8 nitrogen and oxygen atoms in total. The van der Waals surface area contributed by atoms with Gasteiger partial charge in [0.25, 0.3) is 0 Å². The molecule has 0 spiro atoms. The Kier molecular flexibility index (Phi) is 7.18. The highest BCUT2D eigenvalue weighted by Crippen LogP contribution is 2.36. The second-order valence-corrected chi connectivity index (χ2v) is 8.32. The van der Waals surface area contributed by atoms with Gasteiger partial charge in [-0.1, -0.05) is 43.9 Å². The minimum atomic E-state index is -0.495. The third kappa shape index (κ3) is 6.28. The fourth-order valence-corrected chi connectivity index (χ4v) is 3.69. The van der Waals surface area contributed by atoms with Gasteiger partial charge in [0, 0.05) is 19.0 Å². The molecule has 1 aromatic heterocycles. The van der Waals surface area contributed by atoms with Crippen LogP contribution in [0.3, 0.4) is 0 Å². The summed E-state index contributed by atoms with van der Waals surface area (Å²) in [5.41, 5.74) is 0. The lowest BCUT2D eigenvalue weighted by atomic mass is 10.2. The van der Waals surface area contributed by atoms with Gasteiger partial charge >= 0.3 is 6.03 Å². The zero-order chi connectivity index (χ0) is 18.4. The van der Waals surface area contributed by atoms with Gasteiger partial charge < -0.3 is 5.32 Å². The quantitative estimate of drug-likeness (QED) is 0.524. The summed E-state index contributed by atoms with van der Waals surface area (Å²) in [6.07, 6.45) is 2.40. The molecule has 0 saturated heterocycles. The number of anilines is 1. The van der Waals surface area contributed by atoms with E-state index >= 15 is 0 Å². The Morgan fingerprint density at radius 2 is 2.04 bits per heavy atom. The second-order valence-electron chi connectivity index (χ2n) is 6.14. The van der Waals surface area contributed by atoms with Gasteiger partial charge in [-0.05, 0) is 18.8 Å². The van der Waals surface area contributed by atoms with Gasteiger partial charge in [0.2, 0.25) is 16.9 Å². The summed E-state index contributed by atoms with van der Waals surface area (Å²) in [5.74, 6) is 0.0197. The van der Waals surface area contributed by atoms with E-state index in [1.165, 1.54) is 23.1 Å². The summed E-state index contributed by atoms with van der Waals surface area (Å²) in [6.45, 7) is 6.27. The first kappa shape index (κ1) is 19.6. The first-order chi connectivity index (χ1) is 11.9. The molecule has 1 aliphatic carbocycles. The van der Waals surface area contributed by atoms with E-state index in [1.54, 1.807) is 4.90 Å². The lowest BCUT2D eigenvalue weighted by Crippen LogP contribution is -2.41. The van der Waals surface area contributed by atoms with Gasteiger partial charge in [0.05, 0.1) is 5.75 Å². The molecule has 0 atom stereocenters. The SMILES string of the molecule is CCC(=O)N(c1nnc(SCC(=O)NC(=O)NCC(C)C)s1)C1CC1. The number of urea groups is 1. The van der Waals surface area contributed by atoms with Gasteiger partial charge in [-0.15, -0.1) is 10.2 Å². The molecule has 1 fully saturated rings. The van der Waals surface area contributed by atoms with E-state index < -0.39 is 11.9 Å². The number of aromatic nitrogens is 2. The molecule has 1 aliphatic rings. The normalized spacial score (nSPS) is 13.6. The molecule has 1 saturated carbocycles. The van der Waals surface area contributed by atoms with E-state index in [0.29, 0.717) is 28.4 Å². The standard InChI is InChI=1S/C15H23N5O3S2/c1-4-12(22)20(10-5-6-10)14-18-19-15(25-14)24-8-11(21)17-13(23)16-7-9(2)3/h9-10H,4-8H2,1-3H3,(H2,16,17,21,23). The summed E-state index contributed by atoms with van der Waals surface area (Å²) >= 11 is 2.49. The molecule has 0 radical (unpaired) electrons. The second kappa shape index (κ2) is 9.14. The molecule has 0 aliphatic heterocycles. The molecular weight excluding hydrogens is 362 g/mol. The van der Waals surface area contributed by atoms with Crippen LogP contribution in [-0.2, 0) is 9.59 Å². The summed E-state index contributed by atoms with van der Waals surface area (Å²) in [6, 6.07) is -0.267. The number of carbonyl (C=O) groups is 3. The van der Waals surface area contributed by atoms with Gasteiger partial charge in [-0.2, -0.15) is 0 Å². The van der Waals surface area contributed by atoms with Crippen LogP contribution in [0.2, 0.25) is 0 Å². The summed E-state index contributed by atoms with van der Waals surface area (Å²) < 4.78 is 0.599. The van der Waals surface area contributed by atoms with Crippen LogP contribution >= 0.6 is 23.1 Å². The Hall–Kier alpha value is -1.68. The number of carbonyl (C=O) groups excluding carboxylic acids is 3. The van der Waals surface area contributed by atoms with Crippen molar-refractivity contribution in [2.45, 2.75) is 50.4 Å². The number of thioether (sulfide) groups is 1. The fraction of sp³-hybridized carbons (Fsp3) is 0.667. The van der Waals surface area contributed by atoms with Crippen LogP contribution in [0.5, 0.6) is 0 Å². The van der Waals surface area contributed by atoms with Crippen molar-refractivity contribution < 1.29 is 14.4 Å². The maximum atomic E-state index is 12.0. The van der Waals surface area contributed by atoms with E-state index in [-0.39, 0.29) is 17.7 Å². The fourth-order valence-electron chi connectivity index (χ4n) is 1.96. The average molecular weight is 386 g/mol. The summed E-state index contributed by atoms with van der Waals surface area (Å²) in [5, 5.41) is 13.6. The number of hydrogen-bond acceptors (Lipinski definition) is 7. The predicted octanol–water partition coefficient (Wildman–Crippen LogP) is 2.02. The molecule has 138 valence electrons. The van der Waals surface area contributed by atoms with Crippen LogP contribution in [0.15, 0.2) is 4.34 Å². The molecular formula is C15H23N5O3S2. The zero-order valence-electron chi connectivity index (χ0n) is 14.6. The Labute approximate surface area is 155 Å².